The van der Waals surface area contributed by atoms with E-state index in [1.54, 1.807) is 0 Å². The topological polar surface area (TPSA) is 67.4 Å². The van der Waals surface area contributed by atoms with Crippen LogP contribution in [0.5, 0.6) is 5.75 Å². The van der Waals surface area contributed by atoms with E-state index in [4.69, 9.17) is 4.74 Å². The number of para-hydroxylation sites is 1. The van der Waals surface area contributed by atoms with Gasteiger partial charge in [-0.25, -0.2) is 0 Å². The van der Waals surface area contributed by atoms with Crippen LogP contribution in [0, 0.1) is 5.92 Å². The number of carbonyl (C=O) groups is 2. The summed E-state index contributed by atoms with van der Waals surface area (Å²) in [7, 11) is 0. The fourth-order valence-electron chi connectivity index (χ4n) is 3.40. The number of nitrogens with one attached hydrogen (secondary N) is 2. The van der Waals surface area contributed by atoms with E-state index < -0.39 is 0 Å². The van der Waals surface area contributed by atoms with E-state index in [0.29, 0.717) is 5.75 Å². The summed E-state index contributed by atoms with van der Waals surface area (Å²) in [6.07, 6.45) is 1.95. The molecule has 4 rings (SSSR count). The van der Waals surface area contributed by atoms with Crippen molar-refractivity contribution in [3.8, 4) is 16.9 Å². The number of ether oxygens (including phenoxy) is 1. The van der Waals surface area contributed by atoms with Crippen molar-refractivity contribution < 1.29 is 14.3 Å². The van der Waals surface area contributed by atoms with Gasteiger partial charge in [-0.3, -0.25) is 9.59 Å². The Morgan fingerprint density at radius 1 is 0.935 bits per heavy atom. The first-order valence-corrected chi connectivity index (χ1v) is 10.6. The average Bonchev–Trinajstić information content (AvgIpc) is 3.65. The maximum absolute atomic E-state index is 12.4. The molecule has 1 aliphatic rings. The molecule has 0 radical (unpaired) electrons. The molecule has 0 heterocycles. The predicted molar refractivity (Wildman–Crippen MR) is 122 cm³/mol. The lowest BCUT2D eigenvalue weighted by atomic mass is 10.1. The summed E-state index contributed by atoms with van der Waals surface area (Å²) in [5.74, 6) is 0.737. The van der Waals surface area contributed by atoms with Crippen molar-refractivity contribution in [2.24, 2.45) is 5.92 Å². The predicted octanol–water partition coefficient (Wildman–Crippen LogP) is 4.96. The molecular weight excluding hydrogens is 388 g/mol. The van der Waals surface area contributed by atoms with Crippen molar-refractivity contribution in [1.82, 2.24) is 5.32 Å². The lowest BCUT2D eigenvalue weighted by Gasteiger charge is -2.16. The molecule has 0 spiro atoms. The van der Waals surface area contributed by atoms with E-state index >= 15 is 0 Å². The minimum absolute atomic E-state index is 0.0658. The van der Waals surface area contributed by atoms with Crippen LogP contribution in [-0.2, 0) is 9.59 Å². The lowest BCUT2D eigenvalue weighted by Crippen LogP contribution is -2.31. The van der Waals surface area contributed by atoms with Crippen LogP contribution < -0.4 is 15.4 Å². The molecule has 1 fully saturated rings. The Kier molecular flexibility index (Phi) is 6.32. The fraction of sp³-hybridized carbons (Fsp3) is 0.231. The number of benzene rings is 3. The first-order valence-electron chi connectivity index (χ1n) is 10.6. The van der Waals surface area contributed by atoms with Crippen LogP contribution in [-0.4, -0.2) is 18.4 Å². The molecule has 2 N–H and O–H groups in total. The molecule has 31 heavy (non-hydrogen) atoms. The van der Waals surface area contributed by atoms with Crippen LogP contribution in [0.25, 0.3) is 11.1 Å². The quantitative estimate of drug-likeness (QED) is 0.548. The van der Waals surface area contributed by atoms with Crippen molar-refractivity contribution in [2.45, 2.75) is 25.8 Å². The maximum Gasteiger partial charge on any atom is 0.258 e. The Bertz CT molecular complexity index is 1040. The van der Waals surface area contributed by atoms with Crippen molar-refractivity contribution in [3.05, 3.63) is 84.4 Å². The normalized spacial score (nSPS) is 13.8. The van der Waals surface area contributed by atoms with E-state index in [0.717, 1.165) is 35.2 Å². The Balaban J connectivity index is 1.31. The smallest absolute Gasteiger partial charge is 0.258 e. The van der Waals surface area contributed by atoms with Gasteiger partial charge in [-0.05, 0) is 49.1 Å². The first-order chi connectivity index (χ1) is 15.1. The summed E-state index contributed by atoms with van der Waals surface area (Å²) in [5.41, 5.74) is 3.73. The van der Waals surface area contributed by atoms with E-state index in [2.05, 4.69) is 10.6 Å². The molecule has 5 heteroatoms. The number of anilines is 1. The van der Waals surface area contributed by atoms with Crippen LogP contribution in [0.1, 0.15) is 31.4 Å². The van der Waals surface area contributed by atoms with E-state index in [1.165, 1.54) is 0 Å². The zero-order chi connectivity index (χ0) is 21.6. The second-order valence-corrected chi connectivity index (χ2v) is 7.83. The van der Waals surface area contributed by atoms with Crippen molar-refractivity contribution >= 4 is 17.5 Å². The van der Waals surface area contributed by atoms with Gasteiger partial charge in [0, 0.05) is 17.2 Å². The van der Waals surface area contributed by atoms with E-state index in [1.807, 2.05) is 85.8 Å². The van der Waals surface area contributed by atoms with Gasteiger partial charge in [0.25, 0.3) is 5.91 Å². The lowest BCUT2D eigenvalue weighted by molar-refractivity contribution is -0.123. The molecule has 2 amide bonds. The first kappa shape index (κ1) is 20.7. The molecule has 1 saturated carbocycles. The molecule has 3 aromatic carbocycles. The zero-order valence-electron chi connectivity index (χ0n) is 17.5. The van der Waals surface area contributed by atoms with Crippen LogP contribution in [0.4, 0.5) is 5.69 Å². The van der Waals surface area contributed by atoms with Crippen LogP contribution in [0.3, 0.4) is 0 Å². The third kappa shape index (κ3) is 5.51. The number of rotatable bonds is 8. The Labute approximate surface area is 182 Å². The molecule has 0 aromatic heterocycles. The van der Waals surface area contributed by atoms with Gasteiger partial charge < -0.3 is 15.4 Å². The van der Waals surface area contributed by atoms with Crippen molar-refractivity contribution in [1.29, 1.82) is 0 Å². The van der Waals surface area contributed by atoms with Gasteiger partial charge in [0.15, 0.2) is 6.61 Å². The van der Waals surface area contributed by atoms with Gasteiger partial charge >= 0.3 is 0 Å². The van der Waals surface area contributed by atoms with Gasteiger partial charge in [-0.1, -0.05) is 60.7 Å². The van der Waals surface area contributed by atoms with Gasteiger partial charge in [0.05, 0.1) is 6.04 Å². The molecule has 0 aliphatic heterocycles. The zero-order valence-corrected chi connectivity index (χ0v) is 17.5. The highest BCUT2D eigenvalue weighted by Crippen LogP contribution is 2.31. The second kappa shape index (κ2) is 9.47. The third-order valence-electron chi connectivity index (χ3n) is 5.33. The Hall–Kier alpha value is -3.60. The van der Waals surface area contributed by atoms with Gasteiger partial charge in [0.2, 0.25) is 5.91 Å². The van der Waals surface area contributed by atoms with Crippen LogP contribution >= 0.6 is 0 Å². The number of carbonyl (C=O) groups excluding carboxylic acids is 2. The molecular formula is C26H26N2O3. The highest BCUT2D eigenvalue weighted by molar-refractivity contribution is 5.94. The van der Waals surface area contributed by atoms with Crippen LogP contribution in [0.15, 0.2) is 78.9 Å². The highest BCUT2D eigenvalue weighted by Gasteiger charge is 2.29. The Morgan fingerprint density at radius 2 is 1.61 bits per heavy atom. The average molecular weight is 415 g/mol. The molecule has 158 valence electrons. The maximum atomic E-state index is 12.4. The molecule has 1 atom stereocenters. The second-order valence-electron chi connectivity index (χ2n) is 7.83. The molecule has 1 aliphatic carbocycles. The fourth-order valence-corrected chi connectivity index (χ4v) is 3.40. The van der Waals surface area contributed by atoms with Gasteiger partial charge in [0.1, 0.15) is 5.75 Å². The monoisotopic (exact) mass is 414 g/mol. The SMILES string of the molecule is CC(NC(=O)COc1ccccc1-c1ccccc1)c1ccc(NC(=O)C2CC2)cc1. The number of amides is 2. The molecule has 0 bridgehead atoms. The molecule has 5 nitrogen and oxygen atoms in total. The minimum atomic E-state index is -0.193. The number of hydrogen-bond donors (Lipinski definition) is 2. The molecule has 0 saturated heterocycles. The minimum Gasteiger partial charge on any atom is -0.483 e. The van der Waals surface area contributed by atoms with Crippen molar-refractivity contribution in [2.75, 3.05) is 11.9 Å². The number of hydrogen-bond acceptors (Lipinski definition) is 3. The molecule has 3 aromatic rings. The van der Waals surface area contributed by atoms with Crippen LogP contribution in [0.2, 0.25) is 0 Å². The van der Waals surface area contributed by atoms with Gasteiger partial charge in [-0.2, -0.15) is 0 Å². The third-order valence-corrected chi connectivity index (χ3v) is 5.33. The summed E-state index contributed by atoms with van der Waals surface area (Å²) >= 11 is 0. The summed E-state index contributed by atoms with van der Waals surface area (Å²) in [5, 5.41) is 5.88. The standard InChI is InChI=1S/C26H26N2O3/c1-18(19-13-15-22(16-14-19)28-26(30)21-11-12-21)27-25(29)17-31-24-10-6-5-9-23(24)20-7-3-2-4-8-20/h2-10,13-16,18,21H,11-12,17H2,1H3,(H,27,29)(H,28,30). The summed E-state index contributed by atoms with van der Waals surface area (Å²) < 4.78 is 5.82. The Morgan fingerprint density at radius 3 is 2.32 bits per heavy atom. The van der Waals surface area contributed by atoms with E-state index in [-0.39, 0.29) is 30.4 Å². The highest BCUT2D eigenvalue weighted by atomic mass is 16.5. The van der Waals surface area contributed by atoms with Gasteiger partial charge in [-0.15, -0.1) is 0 Å². The summed E-state index contributed by atoms with van der Waals surface area (Å²) in [6.45, 7) is 1.86. The largest absolute Gasteiger partial charge is 0.483 e. The molecule has 1 unspecified atom stereocenters. The summed E-state index contributed by atoms with van der Waals surface area (Å²) in [4.78, 5) is 24.3. The van der Waals surface area contributed by atoms with E-state index in [9.17, 15) is 9.59 Å². The summed E-state index contributed by atoms with van der Waals surface area (Å²) in [6, 6.07) is 25.0. The van der Waals surface area contributed by atoms with Crippen molar-refractivity contribution in [3.63, 3.8) is 0 Å².